The van der Waals surface area contributed by atoms with Crippen LogP contribution in [0.1, 0.15) is 32.7 Å². The number of carbonyl (C=O) groups excluding carboxylic acids is 4. The number of benzene rings is 2. The zero-order chi connectivity index (χ0) is 22.7. The maximum atomic E-state index is 12.9. The van der Waals surface area contributed by atoms with Crippen molar-refractivity contribution >= 4 is 29.3 Å². The lowest BCUT2D eigenvalue weighted by atomic mass is 10.1. The molecule has 0 saturated carbocycles. The smallest absolute Gasteiger partial charge is 0.338 e. The number of morpholine rings is 1. The number of ketones is 1. The fourth-order valence-electron chi connectivity index (χ4n) is 3.85. The summed E-state index contributed by atoms with van der Waals surface area (Å²) in [6.45, 7) is 3.87. The zero-order valence-corrected chi connectivity index (χ0v) is 17.8. The molecule has 0 aliphatic carbocycles. The van der Waals surface area contributed by atoms with Crippen LogP contribution >= 0.6 is 0 Å². The van der Waals surface area contributed by atoms with Gasteiger partial charge in [0.2, 0.25) is 5.91 Å². The molecule has 8 heteroatoms. The van der Waals surface area contributed by atoms with Gasteiger partial charge in [-0.05, 0) is 31.2 Å². The summed E-state index contributed by atoms with van der Waals surface area (Å²) >= 11 is 0. The lowest BCUT2D eigenvalue weighted by Gasteiger charge is -2.30. The van der Waals surface area contributed by atoms with E-state index < -0.39 is 12.0 Å². The van der Waals surface area contributed by atoms with Gasteiger partial charge in [0.05, 0.1) is 36.9 Å². The van der Waals surface area contributed by atoms with Gasteiger partial charge in [-0.1, -0.05) is 29.8 Å². The number of hydrogen-bond acceptors (Lipinski definition) is 7. The van der Waals surface area contributed by atoms with Crippen molar-refractivity contribution in [3.63, 3.8) is 0 Å². The Morgan fingerprint density at radius 2 is 1.59 bits per heavy atom. The van der Waals surface area contributed by atoms with E-state index in [0.717, 1.165) is 10.5 Å². The molecule has 2 aliphatic heterocycles. The van der Waals surface area contributed by atoms with Crippen LogP contribution in [0.3, 0.4) is 0 Å². The number of aryl methyl sites for hydroxylation is 1. The van der Waals surface area contributed by atoms with Crippen molar-refractivity contribution in [3.8, 4) is 0 Å². The Bertz CT molecular complexity index is 1030. The van der Waals surface area contributed by atoms with Gasteiger partial charge in [0.1, 0.15) is 0 Å². The molecule has 1 unspecified atom stereocenters. The molecule has 4 rings (SSSR count). The van der Waals surface area contributed by atoms with Gasteiger partial charge < -0.3 is 9.47 Å². The summed E-state index contributed by atoms with van der Waals surface area (Å²) in [4.78, 5) is 53.0. The van der Waals surface area contributed by atoms with Crippen LogP contribution in [0.15, 0.2) is 48.5 Å². The Kier molecular flexibility index (Phi) is 6.43. The molecule has 1 atom stereocenters. The van der Waals surface area contributed by atoms with Gasteiger partial charge >= 0.3 is 5.97 Å². The van der Waals surface area contributed by atoms with Gasteiger partial charge in [-0.25, -0.2) is 9.69 Å². The summed E-state index contributed by atoms with van der Waals surface area (Å²) in [5.74, 6) is -1.49. The van der Waals surface area contributed by atoms with Crippen molar-refractivity contribution in [2.24, 2.45) is 0 Å². The first kappa shape index (κ1) is 21.9. The molecule has 0 radical (unpaired) electrons. The molecule has 2 aromatic rings. The average molecular weight is 436 g/mol. The highest BCUT2D eigenvalue weighted by atomic mass is 16.5. The van der Waals surface area contributed by atoms with Gasteiger partial charge in [0.25, 0.3) is 5.91 Å². The predicted molar refractivity (Wildman–Crippen MR) is 116 cm³/mol. The molecule has 166 valence electrons. The molecule has 2 heterocycles. The first-order valence-electron chi connectivity index (χ1n) is 10.5. The summed E-state index contributed by atoms with van der Waals surface area (Å²) in [5, 5.41) is 0. The topological polar surface area (TPSA) is 93.2 Å². The number of Topliss-reactive ketones (excluding diaryl/α,β-unsaturated/α-hetero) is 1. The SMILES string of the molecule is Cc1ccc(C(=O)COC(=O)c2ccc(N3C(=O)CC(N4CCOCC4)C3=O)cc2)cc1. The Labute approximate surface area is 185 Å². The van der Waals surface area contributed by atoms with Gasteiger partial charge in [-0.15, -0.1) is 0 Å². The number of esters is 1. The third-order valence-electron chi connectivity index (χ3n) is 5.68. The molecule has 2 aliphatic rings. The van der Waals surface area contributed by atoms with Crippen molar-refractivity contribution < 1.29 is 28.7 Å². The maximum absolute atomic E-state index is 12.9. The highest BCUT2D eigenvalue weighted by molar-refractivity contribution is 6.22. The van der Waals surface area contributed by atoms with Crippen molar-refractivity contribution in [2.45, 2.75) is 19.4 Å². The Morgan fingerprint density at radius 3 is 2.25 bits per heavy atom. The predicted octanol–water partition coefficient (Wildman–Crippen LogP) is 2.00. The van der Waals surface area contributed by atoms with E-state index in [2.05, 4.69) is 0 Å². The lowest BCUT2D eigenvalue weighted by Crippen LogP contribution is -2.47. The van der Waals surface area contributed by atoms with Gasteiger partial charge in [0.15, 0.2) is 12.4 Å². The van der Waals surface area contributed by atoms with Crippen LogP contribution < -0.4 is 4.90 Å². The molecule has 0 bridgehead atoms. The van der Waals surface area contributed by atoms with E-state index in [1.54, 1.807) is 12.1 Å². The molecule has 2 aromatic carbocycles. The van der Waals surface area contributed by atoms with E-state index in [-0.39, 0.29) is 36.2 Å². The first-order valence-corrected chi connectivity index (χ1v) is 10.5. The molecular formula is C24H24N2O6. The number of imide groups is 1. The molecule has 0 N–H and O–H groups in total. The molecule has 0 aromatic heterocycles. The number of nitrogens with zero attached hydrogens (tertiary/aromatic N) is 2. The quantitative estimate of drug-likeness (QED) is 0.388. The number of carbonyl (C=O) groups is 4. The zero-order valence-electron chi connectivity index (χ0n) is 17.8. The van der Waals surface area contributed by atoms with Crippen LogP contribution in [0.4, 0.5) is 5.69 Å². The van der Waals surface area contributed by atoms with Crippen LogP contribution in [-0.2, 0) is 19.1 Å². The van der Waals surface area contributed by atoms with Crippen LogP contribution in [0.2, 0.25) is 0 Å². The average Bonchev–Trinajstić information content (AvgIpc) is 3.12. The van der Waals surface area contributed by atoms with E-state index in [1.165, 1.54) is 24.3 Å². The third kappa shape index (κ3) is 4.61. The number of hydrogen-bond donors (Lipinski definition) is 0. The summed E-state index contributed by atoms with van der Waals surface area (Å²) in [7, 11) is 0. The highest BCUT2D eigenvalue weighted by Gasteiger charge is 2.43. The van der Waals surface area contributed by atoms with Crippen LogP contribution in [0.25, 0.3) is 0 Å². The number of ether oxygens (including phenoxy) is 2. The van der Waals surface area contributed by atoms with Crippen molar-refractivity contribution in [1.82, 2.24) is 4.90 Å². The van der Waals surface area contributed by atoms with E-state index >= 15 is 0 Å². The van der Waals surface area contributed by atoms with Crippen LogP contribution in [0.5, 0.6) is 0 Å². The summed E-state index contributed by atoms with van der Waals surface area (Å²) < 4.78 is 10.4. The minimum atomic E-state index is -0.651. The first-order chi connectivity index (χ1) is 15.4. The second-order valence-electron chi connectivity index (χ2n) is 7.85. The van der Waals surface area contributed by atoms with Crippen LogP contribution in [-0.4, -0.2) is 67.4 Å². The second-order valence-corrected chi connectivity index (χ2v) is 7.85. The monoisotopic (exact) mass is 436 g/mol. The van der Waals surface area contributed by atoms with E-state index in [0.29, 0.717) is 37.6 Å². The fraction of sp³-hybridized carbons (Fsp3) is 0.333. The normalized spacial score (nSPS) is 19.3. The summed E-state index contributed by atoms with van der Waals surface area (Å²) in [6.07, 6.45) is 0.129. The van der Waals surface area contributed by atoms with E-state index in [1.807, 2.05) is 24.0 Å². The lowest BCUT2D eigenvalue weighted by molar-refractivity contribution is -0.123. The number of rotatable bonds is 6. The third-order valence-corrected chi connectivity index (χ3v) is 5.68. The minimum Gasteiger partial charge on any atom is -0.454 e. The molecule has 8 nitrogen and oxygen atoms in total. The van der Waals surface area contributed by atoms with Crippen LogP contribution in [0, 0.1) is 6.92 Å². The molecular weight excluding hydrogens is 412 g/mol. The second kappa shape index (κ2) is 9.42. The minimum absolute atomic E-state index is 0.129. The maximum Gasteiger partial charge on any atom is 0.338 e. The standard InChI is InChI=1S/C24H24N2O6/c1-16-2-4-17(5-3-16)21(27)15-32-24(30)18-6-8-19(9-7-18)26-22(28)14-20(23(26)29)25-10-12-31-13-11-25/h2-9,20H,10-15H2,1H3. The number of amides is 2. The number of anilines is 1. The molecule has 0 spiro atoms. The fourth-order valence-corrected chi connectivity index (χ4v) is 3.85. The molecule has 32 heavy (non-hydrogen) atoms. The van der Waals surface area contributed by atoms with Gasteiger partial charge in [-0.3, -0.25) is 19.3 Å². The van der Waals surface area contributed by atoms with E-state index in [9.17, 15) is 19.2 Å². The summed E-state index contributed by atoms with van der Waals surface area (Å²) in [5.41, 5.74) is 2.14. The van der Waals surface area contributed by atoms with Crippen molar-refractivity contribution in [2.75, 3.05) is 37.8 Å². The van der Waals surface area contributed by atoms with E-state index in [4.69, 9.17) is 9.47 Å². The molecule has 2 fully saturated rings. The molecule has 2 saturated heterocycles. The summed E-state index contributed by atoms with van der Waals surface area (Å²) in [6, 6.07) is 12.6. The van der Waals surface area contributed by atoms with Crippen molar-refractivity contribution in [1.29, 1.82) is 0 Å². The Hall–Kier alpha value is -3.36. The Balaban J connectivity index is 1.37. The highest BCUT2D eigenvalue weighted by Crippen LogP contribution is 2.26. The largest absolute Gasteiger partial charge is 0.454 e. The van der Waals surface area contributed by atoms with Gasteiger partial charge in [-0.2, -0.15) is 0 Å². The van der Waals surface area contributed by atoms with Gasteiger partial charge in [0, 0.05) is 18.7 Å². The Morgan fingerprint density at radius 1 is 0.969 bits per heavy atom. The van der Waals surface area contributed by atoms with Crippen molar-refractivity contribution in [3.05, 3.63) is 65.2 Å². The molecule has 2 amide bonds.